The van der Waals surface area contributed by atoms with Crippen LogP contribution in [0.1, 0.15) is 54.1 Å². The lowest BCUT2D eigenvalue weighted by atomic mass is 9.95. The van der Waals surface area contributed by atoms with Gasteiger partial charge < -0.3 is 24.4 Å². The van der Waals surface area contributed by atoms with Gasteiger partial charge in [-0.25, -0.2) is 9.78 Å². The molecule has 1 amide bonds. The van der Waals surface area contributed by atoms with Gasteiger partial charge in [0, 0.05) is 40.7 Å². The number of nitrogens with zero attached hydrogens (tertiary/aromatic N) is 5. The van der Waals surface area contributed by atoms with Gasteiger partial charge in [-0.05, 0) is 66.1 Å². The summed E-state index contributed by atoms with van der Waals surface area (Å²) in [5.74, 6) is -0.360. The van der Waals surface area contributed by atoms with Crippen LogP contribution in [0.3, 0.4) is 0 Å². The van der Waals surface area contributed by atoms with Crippen LogP contribution in [0.5, 0.6) is 0 Å². The number of carboxylic acid groups (broad SMARTS) is 1. The Labute approximate surface area is 239 Å². The summed E-state index contributed by atoms with van der Waals surface area (Å²) in [6.07, 6.45) is 10.9. The van der Waals surface area contributed by atoms with Crippen LogP contribution in [0.2, 0.25) is 0 Å². The maximum Gasteiger partial charge on any atom is 0.326 e. The van der Waals surface area contributed by atoms with E-state index >= 15 is 0 Å². The number of benzene rings is 2. The number of imidazole rings is 1. The smallest absolute Gasteiger partial charge is 0.326 e. The van der Waals surface area contributed by atoms with Crippen molar-refractivity contribution < 1.29 is 19.1 Å². The van der Waals surface area contributed by atoms with Gasteiger partial charge in [0.2, 0.25) is 5.82 Å². The molecule has 0 radical (unpaired) electrons. The zero-order chi connectivity index (χ0) is 28.6. The lowest BCUT2D eigenvalue weighted by Gasteiger charge is -2.25. The molecule has 1 fully saturated rings. The lowest BCUT2D eigenvalue weighted by Crippen LogP contribution is -2.42. The lowest BCUT2D eigenvalue weighted by molar-refractivity contribution is -0.139. The molecule has 42 heavy (non-hydrogen) atoms. The van der Waals surface area contributed by atoms with Gasteiger partial charge in [-0.1, -0.05) is 19.3 Å². The molecule has 4 aromatic heterocycles. The molecule has 6 aromatic rings. The molecular weight excluding hydrogens is 536 g/mol. The predicted octanol–water partition coefficient (Wildman–Crippen LogP) is 4.89. The minimum atomic E-state index is -1.15. The van der Waals surface area contributed by atoms with Crippen LogP contribution in [0.15, 0.2) is 65.6 Å². The van der Waals surface area contributed by atoms with Gasteiger partial charge in [0.25, 0.3) is 5.91 Å². The van der Waals surface area contributed by atoms with E-state index in [1.165, 1.54) is 19.3 Å². The highest BCUT2D eigenvalue weighted by Crippen LogP contribution is 2.36. The average molecular weight is 565 g/mol. The van der Waals surface area contributed by atoms with E-state index < -0.39 is 17.9 Å². The fourth-order valence-corrected chi connectivity index (χ4v) is 5.98. The zero-order valence-electron chi connectivity index (χ0n) is 22.6. The van der Waals surface area contributed by atoms with E-state index in [-0.39, 0.29) is 6.42 Å². The standard InChI is InChI=1S/C30H28N8O4/c39-29(33-25(30(40)41)14-20-15-31-23-8-6-17(12-22(20)23)27-34-36-37-35-27)18-7-9-26-24(13-18)32-28(19-10-11-42-16-19)38(26)21-4-2-1-3-5-21/h6-13,15-16,21,25,31H,1-5,14H2,(H,33,39)(H,40,41)(H,34,35,36,37). The molecule has 4 heterocycles. The molecule has 1 saturated carbocycles. The van der Waals surface area contributed by atoms with E-state index in [2.05, 4.69) is 35.5 Å². The Kier molecular flexibility index (Phi) is 6.49. The van der Waals surface area contributed by atoms with Crippen LogP contribution in [-0.2, 0) is 11.2 Å². The van der Waals surface area contributed by atoms with Gasteiger partial charge in [0.15, 0.2) is 0 Å². The molecule has 12 heteroatoms. The number of furan rings is 1. The van der Waals surface area contributed by atoms with Crippen molar-refractivity contribution >= 4 is 33.8 Å². The molecule has 0 bridgehead atoms. The summed E-state index contributed by atoms with van der Waals surface area (Å²) in [5, 5.41) is 27.6. The quantitative estimate of drug-likeness (QED) is 0.203. The second-order valence-corrected chi connectivity index (χ2v) is 10.7. The molecule has 0 aliphatic heterocycles. The highest BCUT2D eigenvalue weighted by Gasteiger charge is 2.26. The maximum atomic E-state index is 13.4. The van der Waals surface area contributed by atoms with Crippen molar-refractivity contribution in [2.75, 3.05) is 0 Å². The number of rotatable bonds is 8. The largest absolute Gasteiger partial charge is 0.480 e. The number of fused-ring (bicyclic) bond motifs is 2. The number of carboxylic acids is 1. The molecule has 1 unspecified atom stereocenters. The van der Waals surface area contributed by atoms with Crippen molar-refractivity contribution in [3.8, 4) is 22.8 Å². The van der Waals surface area contributed by atoms with Crippen LogP contribution in [0.4, 0.5) is 0 Å². The predicted molar refractivity (Wildman–Crippen MR) is 154 cm³/mol. The van der Waals surface area contributed by atoms with Gasteiger partial charge in [0.1, 0.15) is 18.1 Å². The molecule has 212 valence electrons. The van der Waals surface area contributed by atoms with Gasteiger partial charge in [-0.3, -0.25) is 4.79 Å². The highest BCUT2D eigenvalue weighted by atomic mass is 16.4. The summed E-state index contributed by atoms with van der Waals surface area (Å²) in [5.41, 5.74) is 5.18. The first-order valence-corrected chi connectivity index (χ1v) is 14.0. The van der Waals surface area contributed by atoms with Gasteiger partial charge in [-0.15, -0.1) is 10.2 Å². The van der Waals surface area contributed by atoms with Crippen LogP contribution >= 0.6 is 0 Å². The Morgan fingerprint density at radius 2 is 1.98 bits per heavy atom. The average Bonchev–Trinajstić information content (AvgIpc) is 3.83. The molecule has 4 N–H and O–H groups in total. The number of aliphatic carboxylic acids is 1. The number of amides is 1. The summed E-state index contributed by atoms with van der Waals surface area (Å²) in [7, 11) is 0. The normalized spacial score (nSPS) is 14.9. The van der Waals surface area contributed by atoms with Crippen LogP contribution in [-0.4, -0.2) is 58.2 Å². The molecular formula is C30H28N8O4. The third kappa shape index (κ3) is 4.70. The molecule has 1 atom stereocenters. The highest BCUT2D eigenvalue weighted by molar-refractivity contribution is 6.00. The summed E-state index contributed by atoms with van der Waals surface area (Å²) < 4.78 is 7.61. The van der Waals surface area contributed by atoms with E-state index in [4.69, 9.17) is 9.40 Å². The SMILES string of the molecule is O=C(NC(Cc1c[nH]c2ccc(-c3nn[nH]n3)cc12)C(=O)O)c1ccc2c(c1)nc(-c1ccoc1)n2C1CCCCC1. The van der Waals surface area contributed by atoms with Crippen molar-refractivity contribution in [1.82, 2.24) is 40.5 Å². The van der Waals surface area contributed by atoms with E-state index in [1.807, 2.05) is 30.3 Å². The molecule has 7 rings (SSSR count). The van der Waals surface area contributed by atoms with Gasteiger partial charge >= 0.3 is 5.97 Å². The van der Waals surface area contributed by atoms with Crippen LogP contribution in [0.25, 0.3) is 44.7 Å². The monoisotopic (exact) mass is 564 g/mol. The maximum absolute atomic E-state index is 13.4. The Balaban J connectivity index is 1.16. The van der Waals surface area contributed by atoms with E-state index in [9.17, 15) is 14.7 Å². The first kappa shape index (κ1) is 25.7. The van der Waals surface area contributed by atoms with Crippen molar-refractivity contribution in [3.63, 3.8) is 0 Å². The minimum absolute atomic E-state index is 0.0833. The second-order valence-electron chi connectivity index (χ2n) is 10.7. The number of aromatic nitrogens is 7. The number of carbonyl (C=O) groups is 2. The second kappa shape index (κ2) is 10.6. The Bertz CT molecular complexity index is 1880. The molecule has 1 aliphatic rings. The number of tetrazole rings is 1. The van der Waals surface area contributed by atoms with Crippen LogP contribution < -0.4 is 5.32 Å². The van der Waals surface area contributed by atoms with E-state index in [0.29, 0.717) is 22.9 Å². The first-order valence-electron chi connectivity index (χ1n) is 14.0. The number of hydrogen-bond donors (Lipinski definition) is 4. The Hall–Kier alpha value is -5.26. The fraction of sp³-hybridized carbons (Fsp3) is 0.267. The van der Waals surface area contributed by atoms with E-state index in [0.717, 1.165) is 51.8 Å². The van der Waals surface area contributed by atoms with Crippen molar-refractivity contribution in [2.24, 2.45) is 0 Å². The topological polar surface area (TPSA) is 168 Å². The van der Waals surface area contributed by atoms with Crippen molar-refractivity contribution in [1.29, 1.82) is 0 Å². The van der Waals surface area contributed by atoms with Gasteiger partial charge in [-0.2, -0.15) is 5.21 Å². The summed E-state index contributed by atoms with van der Waals surface area (Å²) in [4.78, 5) is 33.7. The Morgan fingerprint density at radius 1 is 1.10 bits per heavy atom. The zero-order valence-corrected chi connectivity index (χ0v) is 22.6. The minimum Gasteiger partial charge on any atom is -0.480 e. The van der Waals surface area contributed by atoms with Gasteiger partial charge in [0.05, 0.1) is 22.9 Å². The molecule has 0 saturated heterocycles. The summed E-state index contributed by atoms with van der Waals surface area (Å²) in [6, 6.07) is 12.0. The third-order valence-corrected chi connectivity index (χ3v) is 8.07. The van der Waals surface area contributed by atoms with Crippen molar-refractivity contribution in [2.45, 2.75) is 50.6 Å². The number of carbonyl (C=O) groups excluding carboxylic acids is 1. The van der Waals surface area contributed by atoms with Crippen LogP contribution in [0, 0.1) is 0 Å². The van der Waals surface area contributed by atoms with Crippen molar-refractivity contribution in [3.05, 3.63) is 72.3 Å². The number of aromatic amines is 2. The molecule has 2 aromatic carbocycles. The summed E-state index contributed by atoms with van der Waals surface area (Å²) in [6.45, 7) is 0. The number of hydrogen-bond acceptors (Lipinski definition) is 7. The molecule has 1 aliphatic carbocycles. The molecule has 12 nitrogen and oxygen atoms in total. The van der Waals surface area contributed by atoms with E-state index in [1.54, 1.807) is 30.9 Å². The number of nitrogens with one attached hydrogen (secondary N) is 3. The fourth-order valence-electron chi connectivity index (χ4n) is 5.98. The Morgan fingerprint density at radius 3 is 2.74 bits per heavy atom. The first-order chi connectivity index (χ1) is 20.5. The number of H-pyrrole nitrogens is 2. The molecule has 0 spiro atoms. The third-order valence-electron chi connectivity index (χ3n) is 8.07. The summed E-state index contributed by atoms with van der Waals surface area (Å²) >= 11 is 0.